The number of hydrogen-bond acceptors (Lipinski definition) is 6. The van der Waals surface area contributed by atoms with Crippen LogP contribution in [0, 0.1) is 5.82 Å². The zero-order valence-electron chi connectivity index (χ0n) is 22.5. The third-order valence-electron chi connectivity index (χ3n) is 7.59. The number of aliphatic imine (C=N–C) groups is 1. The van der Waals surface area contributed by atoms with Crippen LogP contribution in [-0.2, 0) is 11.0 Å². The molecule has 1 fully saturated rings. The number of ether oxygens (including phenoxy) is 2. The van der Waals surface area contributed by atoms with Crippen molar-refractivity contribution in [2.75, 3.05) is 32.2 Å². The van der Waals surface area contributed by atoms with Gasteiger partial charge in [-0.25, -0.2) is 9.38 Å². The summed E-state index contributed by atoms with van der Waals surface area (Å²) in [7, 11) is 2.93. The Labute approximate surface area is 234 Å². The van der Waals surface area contributed by atoms with Crippen molar-refractivity contribution >= 4 is 23.3 Å². The lowest BCUT2D eigenvalue weighted by Gasteiger charge is -2.44. The molecular weight excluding hydrogens is 542 g/mol. The molecule has 2 heterocycles. The van der Waals surface area contributed by atoms with Crippen molar-refractivity contribution in [2.24, 2.45) is 4.99 Å². The highest BCUT2D eigenvalue weighted by Crippen LogP contribution is 2.46. The summed E-state index contributed by atoms with van der Waals surface area (Å²) in [5, 5.41) is 9.84. The summed E-state index contributed by atoms with van der Waals surface area (Å²) in [5.41, 5.74) is 0.416. The maximum absolute atomic E-state index is 15.1. The van der Waals surface area contributed by atoms with E-state index in [0.717, 1.165) is 23.4 Å². The Bertz CT molecular complexity index is 1470. The lowest BCUT2D eigenvalue weighted by atomic mass is 9.89. The molecule has 1 atom stereocenters. The number of rotatable bonds is 6. The van der Waals surface area contributed by atoms with Crippen LogP contribution in [0.5, 0.6) is 11.5 Å². The Balaban J connectivity index is 1.60. The largest absolute Gasteiger partial charge is 0.497 e. The summed E-state index contributed by atoms with van der Waals surface area (Å²) >= 11 is 0. The Kier molecular flexibility index (Phi) is 7.79. The van der Waals surface area contributed by atoms with Gasteiger partial charge in [0.25, 0.3) is 0 Å². The number of piperidine rings is 1. The molecule has 0 bridgehead atoms. The van der Waals surface area contributed by atoms with Crippen LogP contribution in [0.1, 0.15) is 47.9 Å². The van der Waals surface area contributed by atoms with Gasteiger partial charge in [-0.1, -0.05) is 24.3 Å². The summed E-state index contributed by atoms with van der Waals surface area (Å²) in [5.74, 6) is -0.617. The van der Waals surface area contributed by atoms with Gasteiger partial charge in [-0.05, 0) is 60.7 Å². The number of carbonyl (C=O) groups is 1. The Morgan fingerprint density at radius 3 is 2.41 bits per heavy atom. The molecule has 3 aromatic rings. The summed E-state index contributed by atoms with van der Waals surface area (Å²) in [6.07, 6.45) is -3.79. The van der Waals surface area contributed by atoms with Crippen molar-refractivity contribution in [2.45, 2.75) is 37.4 Å². The number of anilines is 1. The Morgan fingerprint density at radius 2 is 1.76 bits per heavy atom. The number of methoxy groups -OCH3 is 2. The first-order valence-electron chi connectivity index (χ1n) is 13.1. The van der Waals surface area contributed by atoms with Crippen LogP contribution < -0.4 is 14.4 Å². The number of nitrogens with zero attached hydrogens (tertiary/aromatic N) is 3. The van der Waals surface area contributed by atoms with Gasteiger partial charge >= 0.3 is 12.1 Å². The second-order valence-corrected chi connectivity index (χ2v) is 10.00. The highest BCUT2D eigenvalue weighted by atomic mass is 19.4. The van der Waals surface area contributed by atoms with E-state index in [0.29, 0.717) is 25.9 Å². The van der Waals surface area contributed by atoms with Crippen molar-refractivity contribution in [3.8, 4) is 11.5 Å². The molecule has 216 valence electrons. The minimum absolute atomic E-state index is 0.00263. The Hall–Kier alpha value is -4.28. The van der Waals surface area contributed by atoms with Crippen LogP contribution in [0.2, 0.25) is 0 Å². The van der Waals surface area contributed by atoms with Crippen LogP contribution in [0.25, 0.3) is 0 Å². The molecule has 11 heteroatoms. The van der Waals surface area contributed by atoms with Crippen molar-refractivity contribution < 1.29 is 36.9 Å². The number of alkyl halides is 3. The number of fused-ring (bicyclic) bond motifs is 1. The maximum Gasteiger partial charge on any atom is 0.416 e. The molecule has 1 unspecified atom stereocenters. The van der Waals surface area contributed by atoms with Gasteiger partial charge in [0.15, 0.2) is 0 Å². The number of likely N-dealkylation sites (tertiary alicyclic amines) is 1. The van der Waals surface area contributed by atoms with Crippen LogP contribution in [0.15, 0.2) is 65.7 Å². The average Bonchev–Trinajstić information content (AvgIpc) is 2.96. The van der Waals surface area contributed by atoms with E-state index >= 15 is 4.39 Å². The number of aliphatic carboxylic acids is 1. The first-order valence-corrected chi connectivity index (χ1v) is 13.1. The summed E-state index contributed by atoms with van der Waals surface area (Å²) in [4.78, 5) is 20.0. The van der Waals surface area contributed by atoms with E-state index in [4.69, 9.17) is 9.47 Å². The van der Waals surface area contributed by atoms with Crippen LogP contribution in [0.3, 0.4) is 0 Å². The molecule has 2 aliphatic heterocycles. The fourth-order valence-corrected chi connectivity index (χ4v) is 5.58. The van der Waals surface area contributed by atoms with Crippen molar-refractivity contribution in [1.82, 2.24) is 4.90 Å². The van der Waals surface area contributed by atoms with E-state index in [1.165, 1.54) is 30.2 Å². The number of guanidine groups is 1. The quantitative estimate of drug-likeness (QED) is 0.330. The number of carboxylic acid groups (broad SMARTS) is 1. The van der Waals surface area contributed by atoms with Crippen molar-refractivity contribution in [3.63, 3.8) is 0 Å². The van der Waals surface area contributed by atoms with Crippen LogP contribution >= 0.6 is 0 Å². The topological polar surface area (TPSA) is 74.6 Å². The SMILES string of the molecule is COc1cccc(C2CCN(C3=Nc4c(F)cccc4C(CC(=O)O)N3c3cc(C(F)(F)F)ccc3OC)CC2)c1. The van der Waals surface area contributed by atoms with Crippen LogP contribution in [-0.4, -0.2) is 49.2 Å². The number of carboxylic acids is 1. The summed E-state index contributed by atoms with van der Waals surface area (Å²) in [6, 6.07) is 14.0. The molecule has 3 aromatic carbocycles. The molecule has 0 radical (unpaired) electrons. The van der Waals surface area contributed by atoms with Gasteiger partial charge in [-0.15, -0.1) is 0 Å². The van der Waals surface area contributed by atoms with Gasteiger partial charge in [0.05, 0.1) is 37.9 Å². The molecular formula is C30H29F4N3O4. The van der Waals surface area contributed by atoms with Gasteiger partial charge in [0.2, 0.25) is 5.96 Å². The number of hydrogen-bond donors (Lipinski definition) is 1. The molecule has 41 heavy (non-hydrogen) atoms. The molecule has 0 aliphatic carbocycles. The van der Waals surface area contributed by atoms with Crippen LogP contribution in [0.4, 0.5) is 28.9 Å². The first kappa shape index (κ1) is 28.3. The highest BCUT2D eigenvalue weighted by molar-refractivity contribution is 6.02. The predicted molar refractivity (Wildman–Crippen MR) is 146 cm³/mol. The monoisotopic (exact) mass is 571 g/mol. The van der Waals surface area contributed by atoms with Gasteiger partial charge in [0, 0.05) is 18.7 Å². The number of para-hydroxylation sites is 1. The molecule has 5 rings (SSSR count). The minimum Gasteiger partial charge on any atom is -0.497 e. The standard InChI is InChI=1S/C30H29F4N3O4/c1-40-21-6-3-5-19(15-21)18-11-13-36(14-12-18)29-35-28-22(7-4-8-23(28)31)24(17-27(38)39)37(29)25-16-20(30(32,33)34)9-10-26(25)41-2/h3-10,15-16,18,24H,11-14,17H2,1-2H3,(H,38,39). The van der Waals surface area contributed by atoms with Crippen molar-refractivity contribution in [3.05, 3.63) is 83.2 Å². The molecule has 0 saturated carbocycles. The highest BCUT2D eigenvalue weighted by Gasteiger charge is 2.40. The van der Waals surface area contributed by atoms with E-state index in [1.807, 2.05) is 29.2 Å². The third-order valence-corrected chi connectivity index (χ3v) is 7.59. The second kappa shape index (κ2) is 11.3. The number of halogens is 4. The van der Waals surface area contributed by atoms with E-state index in [9.17, 15) is 23.1 Å². The smallest absolute Gasteiger partial charge is 0.416 e. The van der Waals surface area contributed by atoms with E-state index in [-0.39, 0.29) is 34.6 Å². The molecule has 0 amide bonds. The van der Waals surface area contributed by atoms with Gasteiger partial charge in [-0.3, -0.25) is 4.79 Å². The van der Waals surface area contributed by atoms with Crippen molar-refractivity contribution in [1.29, 1.82) is 0 Å². The summed E-state index contributed by atoms with van der Waals surface area (Å²) in [6.45, 7) is 0.921. The maximum atomic E-state index is 15.1. The Morgan fingerprint density at radius 1 is 1.02 bits per heavy atom. The molecule has 7 nitrogen and oxygen atoms in total. The fourth-order valence-electron chi connectivity index (χ4n) is 5.58. The normalized spacial score (nSPS) is 17.6. The fraction of sp³-hybridized carbons (Fsp3) is 0.333. The number of benzene rings is 3. The zero-order valence-corrected chi connectivity index (χ0v) is 22.5. The van der Waals surface area contributed by atoms with Gasteiger partial charge in [0.1, 0.15) is 23.0 Å². The van der Waals surface area contributed by atoms with E-state index in [2.05, 4.69) is 4.99 Å². The lowest BCUT2D eigenvalue weighted by molar-refractivity contribution is -0.138. The lowest BCUT2D eigenvalue weighted by Crippen LogP contribution is -2.51. The molecule has 1 saturated heterocycles. The summed E-state index contributed by atoms with van der Waals surface area (Å²) < 4.78 is 67.4. The zero-order chi connectivity index (χ0) is 29.3. The molecule has 1 N–H and O–H groups in total. The molecule has 0 spiro atoms. The molecule has 2 aliphatic rings. The van der Waals surface area contributed by atoms with E-state index in [1.54, 1.807) is 13.2 Å². The minimum atomic E-state index is -4.66. The predicted octanol–water partition coefficient (Wildman–Crippen LogP) is 6.76. The van der Waals surface area contributed by atoms with Gasteiger partial charge < -0.3 is 24.4 Å². The third kappa shape index (κ3) is 5.66. The average molecular weight is 572 g/mol. The second-order valence-electron chi connectivity index (χ2n) is 10.00. The first-order chi connectivity index (χ1) is 19.6. The van der Waals surface area contributed by atoms with E-state index < -0.39 is 36.0 Å². The molecule has 0 aromatic heterocycles. The van der Waals surface area contributed by atoms with Gasteiger partial charge in [-0.2, -0.15) is 13.2 Å².